The zero-order chi connectivity index (χ0) is 15.8. The van der Waals surface area contributed by atoms with Crippen molar-refractivity contribution in [3.05, 3.63) is 17.7 Å². The van der Waals surface area contributed by atoms with Gasteiger partial charge < -0.3 is 15.2 Å². The first-order chi connectivity index (χ1) is 11.2. The van der Waals surface area contributed by atoms with E-state index in [9.17, 15) is 9.59 Å². The predicted octanol–water partition coefficient (Wildman–Crippen LogP) is 1.40. The maximum atomic E-state index is 12.4. The van der Waals surface area contributed by atoms with E-state index in [4.69, 9.17) is 0 Å². The van der Waals surface area contributed by atoms with Crippen molar-refractivity contribution in [2.45, 2.75) is 70.0 Å². The minimum absolute atomic E-state index is 0.00311. The molecule has 3 aliphatic rings. The Hall–Kier alpha value is -1.85. The van der Waals surface area contributed by atoms with Gasteiger partial charge in [0, 0.05) is 18.6 Å². The minimum atomic E-state index is -0.0601. The molecule has 1 aromatic rings. The Balaban J connectivity index is 1.40. The molecule has 124 valence electrons. The fourth-order valence-corrected chi connectivity index (χ4v) is 3.74. The minimum Gasteiger partial charge on any atom is -0.353 e. The Kier molecular flexibility index (Phi) is 3.83. The largest absolute Gasteiger partial charge is 0.353 e. The molecule has 0 saturated heterocycles. The number of carbonyl (C=O) groups excluding carboxylic acids is 2. The molecular formula is C17H24N4O2. The summed E-state index contributed by atoms with van der Waals surface area (Å²) < 4.78 is 1.99. The van der Waals surface area contributed by atoms with Crippen LogP contribution < -0.4 is 10.6 Å². The molecule has 2 amide bonds. The van der Waals surface area contributed by atoms with Gasteiger partial charge in [-0.2, -0.15) is 0 Å². The maximum Gasteiger partial charge on any atom is 0.271 e. The highest BCUT2D eigenvalue weighted by Gasteiger charge is 2.31. The van der Waals surface area contributed by atoms with Crippen LogP contribution in [0.4, 0.5) is 0 Å². The molecule has 1 atom stereocenters. The Morgan fingerprint density at radius 3 is 2.52 bits per heavy atom. The number of amides is 2. The van der Waals surface area contributed by atoms with E-state index in [1.165, 1.54) is 12.8 Å². The lowest BCUT2D eigenvalue weighted by atomic mass is 9.95. The summed E-state index contributed by atoms with van der Waals surface area (Å²) in [7, 11) is 0. The molecule has 2 aliphatic carbocycles. The number of hydrogen-bond donors (Lipinski definition) is 2. The highest BCUT2D eigenvalue weighted by Crippen LogP contribution is 2.25. The van der Waals surface area contributed by atoms with Gasteiger partial charge in [0.05, 0.1) is 17.9 Å². The van der Waals surface area contributed by atoms with Gasteiger partial charge in [-0.25, -0.2) is 4.98 Å². The molecule has 2 heterocycles. The van der Waals surface area contributed by atoms with Gasteiger partial charge in [-0.3, -0.25) is 9.59 Å². The zero-order valence-corrected chi connectivity index (χ0v) is 13.4. The average molecular weight is 316 g/mol. The van der Waals surface area contributed by atoms with Crippen molar-refractivity contribution in [1.82, 2.24) is 20.2 Å². The summed E-state index contributed by atoms with van der Waals surface area (Å²) in [5.74, 6) is 0.104. The molecule has 0 spiro atoms. The smallest absolute Gasteiger partial charge is 0.271 e. The van der Waals surface area contributed by atoms with Crippen molar-refractivity contribution in [1.29, 1.82) is 0 Å². The molecule has 6 nitrogen and oxygen atoms in total. The first-order valence-electron chi connectivity index (χ1n) is 8.86. The fourth-order valence-electron chi connectivity index (χ4n) is 3.74. The van der Waals surface area contributed by atoms with Crippen LogP contribution in [0.5, 0.6) is 0 Å². The van der Waals surface area contributed by atoms with Crippen LogP contribution in [-0.4, -0.2) is 33.4 Å². The lowest BCUT2D eigenvalue weighted by molar-refractivity contribution is -0.126. The maximum absolute atomic E-state index is 12.4. The van der Waals surface area contributed by atoms with Crippen LogP contribution in [0, 0.1) is 5.92 Å². The summed E-state index contributed by atoms with van der Waals surface area (Å²) in [6.07, 6.45) is 10.1. The van der Waals surface area contributed by atoms with E-state index in [0.29, 0.717) is 24.3 Å². The summed E-state index contributed by atoms with van der Waals surface area (Å²) in [5.41, 5.74) is 1.53. The first-order valence-corrected chi connectivity index (χ1v) is 8.86. The van der Waals surface area contributed by atoms with Crippen molar-refractivity contribution in [3.63, 3.8) is 0 Å². The Labute approximate surface area is 136 Å². The number of aromatic nitrogens is 2. The summed E-state index contributed by atoms with van der Waals surface area (Å²) >= 11 is 0. The van der Waals surface area contributed by atoms with E-state index in [0.717, 1.165) is 44.2 Å². The first kappa shape index (κ1) is 14.7. The lowest BCUT2D eigenvalue weighted by Gasteiger charge is -2.25. The van der Waals surface area contributed by atoms with Crippen LogP contribution in [0.3, 0.4) is 0 Å². The van der Waals surface area contributed by atoms with Gasteiger partial charge in [0.15, 0.2) is 0 Å². The van der Waals surface area contributed by atoms with Crippen LogP contribution in [0.25, 0.3) is 0 Å². The number of fused-ring (bicyclic) bond motifs is 1. The third-order valence-corrected chi connectivity index (χ3v) is 5.29. The highest BCUT2D eigenvalue weighted by molar-refractivity contribution is 5.94. The van der Waals surface area contributed by atoms with Crippen molar-refractivity contribution in [3.8, 4) is 0 Å². The van der Waals surface area contributed by atoms with E-state index < -0.39 is 0 Å². The van der Waals surface area contributed by atoms with Gasteiger partial charge in [0.2, 0.25) is 5.91 Å². The van der Waals surface area contributed by atoms with Gasteiger partial charge >= 0.3 is 0 Å². The standard InChI is InChI=1S/C17H24N4O2/c22-16(19-12-3-1-2-4-12)11-5-8-14-15(18-10-21(14)9-11)17(23)20-13-6-7-13/h10-13H,1-9H2,(H,19,22)(H,20,23). The molecule has 1 unspecified atom stereocenters. The predicted molar refractivity (Wildman–Crippen MR) is 84.9 cm³/mol. The average Bonchev–Trinajstić information content (AvgIpc) is 3.05. The second kappa shape index (κ2) is 5.98. The van der Waals surface area contributed by atoms with Gasteiger partial charge in [-0.05, 0) is 38.5 Å². The van der Waals surface area contributed by atoms with Gasteiger partial charge in [-0.15, -0.1) is 0 Å². The molecule has 0 radical (unpaired) electrons. The van der Waals surface area contributed by atoms with E-state index in [2.05, 4.69) is 15.6 Å². The molecular weight excluding hydrogens is 292 g/mol. The molecule has 4 rings (SSSR count). The quantitative estimate of drug-likeness (QED) is 0.881. The zero-order valence-electron chi connectivity index (χ0n) is 13.4. The van der Waals surface area contributed by atoms with Crippen LogP contribution >= 0.6 is 0 Å². The van der Waals surface area contributed by atoms with E-state index in [1.807, 2.05) is 4.57 Å². The third kappa shape index (κ3) is 3.12. The Morgan fingerprint density at radius 2 is 1.78 bits per heavy atom. The third-order valence-electron chi connectivity index (χ3n) is 5.29. The molecule has 2 fully saturated rings. The van der Waals surface area contributed by atoms with Gasteiger partial charge in [0.25, 0.3) is 5.91 Å². The lowest BCUT2D eigenvalue weighted by Crippen LogP contribution is -2.40. The summed E-state index contributed by atoms with van der Waals surface area (Å²) in [6.45, 7) is 0.637. The van der Waals surface area contributed by atoms with Crippen LogP contribution in [0.2, 0.25) is 0 Å². The number of nitrogens with zero attached hydrogens (tertiary/aromatic N) is 2. The molecule has 23 heavy (non-hydrogen) atoms. The number of imidazole rings is 1. The van der Waals surface area contributed by atoms with E-state index in [-0.39, 0.29) is 17.7 Å². The van der Waals surface area contributed by atoms with Crippen molar-refractivity contribution >= 4 is 11.8 Å². The number of hydrogen-bond acceptors (Lipinski definition) is 3. The fraction of sp³-hybridized carbons (Fsp3) is 0.706. The van der Waals surface area contributed by atoms with E-state index >= 15 is 0 Å². The molecule has 0 bridgehead atoms. The topological polar surface area (TPSA) is 76.0 Å². The van der Waals surface area contributed by atoms with Crippen LogP contribution in [-0.2, 0) is 17.8 Å². The van der Waals surface area contributed by atoms with Crippen molar-refractivity contribution < 1.29 is 9.59 Å². The van der Waals surface area contributed by atoms with Gasteiger partial charge in [-0.1, -0.05) is 12.8 Å². The summed E-state index contributed by atoms with van der Waals surface area (Å²) in [6, 6.07) is 0.708. The van der Waals surface area contributed by atoms with Crippen molar-refractivity contribution in [2.24, 2.45) is 5.92 Å². The molecule has 1 aliphatic heterocycles. The number of rotatable bonds is 4. The highest BCUT2D eigenvalue weighted by atomic mass is 16.2. The van der Waals surface area contributed by atoms with E-state index in [1.54, 1.807) is 6.33 Å². The number of nitrogens with one attached hydrogen (secondary N) is 2. The molecule has 2 N–H and O–H groups in total. The molecule has 2 saturated carbocycles. The second-order valence-corrected chi connectivity index (χ2v) is 7.17. The summed E-state index contributed by atoms with van der Waals surface area (Å²) in [5, 5.41) is 6.19. The van der Waals surface area contributed by atoms with Gasteiger partial charge in [0.1, 0.15) is 5.69 Å². The molecule has 1 aromatic heterocycles. The number of carbonyl (C=O) groups is 2. The van der Waals surface area contributed by atoms with Crippen molar-refractivity contribution in [2.75, 3.05) is 0 Å². The molecule has 6 heteroatoms. The van der Waals surface area contributed by atoms with Crippen LogP contribution in [0.15, 0.2) is 6.33 Å². The second-order valence-electron chi connectivity index (χ2n) is 7.17. The summed E-state index contributed by atoms with van der Waals surface area (Å²) in [4.78, 5) is 28.9. The monoisotopic (exact) mass is 316 g/mol. The Bertz CT molecular complexity index is 614. The SMILES string of the molecule is O=C(NC1CC1)c1ncn2c1CCC(C(=O)NC1CCCC1)C2. The van der Waals surface area contributed by atoms with Crippen LogP contribution in [0.1, 0.15) is 61.1 Å². The normalized spacial score (nSPS) is 24.3. The molecule has 0 aromatic carbocycles. The Morgan fingerprint density at radius 1 is 1.04 bits per heavy atom.